The van der Waals surface area contributed by atoms with Crippen LogP contribution in [0.2, 0.25) is 0 Å². The van der Waals surface area contributed by atoms with Crippen molar-refractivity contribution in [3.05, 3.63) is 23.8 Å². The Morgan fingerprint density at radius 2 is 2.04 bits per heavy atom. The van der Waals surface area contributed by atoms with Crippen LogP contribution in [0.4, 0.5) is 11.4 Å². The number of fused-ring (bicyclic) bond motifs is 1. The summed E-state index contributed by atoms with van der Waals surface area (Å²) in [6.07, 6.45) is 4.99. The number of carbonyl (C=O) groups excluding carboxylic acids is 1. The molecule has 1 aromatic carbocycles. The number of hydrogen-bond donors (Lipinski definition) is 1. The fourth-order valence-corrected chi connectivity index (χ4v) is 4.94. The van der Waals surface area contributed by atoms with Gasteiger partial charge in [0.1, 0.15) is 9.84 Å². The van der Waals surface area contributed by atoms with Crippen LogP contribution >= 0.6 is 12.4 Å². The Balaban J connectivity index is 0.00000192. The van der Waals surface area contributed by atoms with Gasteiger partial charge in [0, 0.05) is 30.6 Å². The van der Waals surface area contributed by atoms with Crippen molar-refractivity contribution < 1.29 is 13.2 Å². The van der Waals surface area contributed by atoms with Gasteiger partial charge in [0.05, 0.1) is 5.75 Å². The van der Waals surface area contributed by atoms with Gasteiger partial charge >= 0.3 is 0 Å². The number of carbonyl (C=O) groups is 1. The highest BCUT2D eigenvalue weighted by molar-refractivity contribution is 7.90. The molecular formula is C16H23ClN2O3S. The van der Waals surface area contributed by atoms with Crippen LogP contribution in [0.1, 0.15) is 31.2 Å². The van der Waals surface area contributed by atoms with Crippen molar-refractivity contribution in [3.63, 3.8) is 0 Å². The average molecular weight is 359 g/mol. The number of anilines is 2. The Bertz CT molecular complexity index is 714. The van der Waals surface area contributed by atoms with E-state index in [0.29, 0.717) is 13.0 Å². The highest BCUT2D eigenvalue weighted by Crippen LogP contribution is 2.50. The van der Waals surface area contributed by atoms with Crippen molar-refractivity contribution in [2.75, 3.05) is 29.2 Å². The summed E-state index contributed by atoms with van der Waals surface area (Å²) in [6, 6.07) is 5.65. The number of halogens is 1. The number of nitrogen functional groups attached to an aromatic ring is 1. The third-order valence-corrected chi connectivity index (χ3v) is 5.78. The smallest absolute Gasteiger partial charge is 0.227 e. The second-order valence-electron chi connectivity index (χ2n) is 6.74. The lowest BCUT2D eigenvalue weighted by molar-refractivity contribution is -0.119. The molecule has 1 aliphatic heterocycles. The van der Waals surface area contributed by atoms with E-state index in [1.54, 1.807) is 4.90 Å². The second-order valence-corrected chi connectivity index (χ2v) is 8.88. The predicted octanol–water partition coefficient (Wildman–Crippen LogP) is 2.18. The summed E-state index contributed by atoms with van der Waals surface area (Å²) in [7, 11) is -3.05. The van der Waals surface area contributed by atoms with Crippen LogP contribution in [-0.4, -0.2) is 32.9 Å². The van der Waals surface area contributed by atoms with Gasteiger partial charge in [-0.25, -0.2) is 8.42 Å². The summed E-state index contributed by atoms with van der Waals surface area (Å²) in [6.45, 7) is 0.685. The van der Waals surface area contributed by atoms with Crippen LogP contribution in [0.15, 0.2) is 18.2 Å². The number of nitrogens with two attached hydrogens (primary N) is 1. The molecule has 1 aliphatic carbocycles. The minimum absolute atomic E-state index is 0. The van der Waals surface area contributed by atoms with E-state index < -0.39 is 9.84 Å². The number of nitrogens with zero attached hydrogens (tertiary/aromatic N) is 1. The van der Waals surface area contributed by atoms with Crippen molar-refractivity contribution in [2.24, 2.45) is 5.41 Å². The Morgan fingerprint density at radius 1 is 1.35 bits per heavy atom. The maximum Gasteiger partial charge on any atom is 0.227 e. The summed E-state index contributed by atoms with van der Waals surface area (Å²) in [5.74, 6) is 0.135. The van der Waals surface area contributed by atoms with E-state index in [4.69, 9.17) is 5.73 Å². The van der Waals surface area contributed by atoms with Gasteiger partial charge in [-0.1, -0.05) is 6.07 Å². The van der Waals surface area contributed by atoms with E-state index in [0.717, 1.165) is 42.6 Å². The molecule has 2 aliphatic rings. The first-order chi connectivity index (χ1) is 10.3. The van der Waals surface area contributed by atoms with Crippen LogP contribution in [0.3, 0.4) is 0 Å². The van der Waals surface area contributed by atoms with Crippen LogP contribution in [0.25, 0.3) is 0 Å². The molecule has 0 unspecified atom stereocenters. The topological polar surface area (TPSA) is 80.5 Å². The number of sulfone groups is 1. The van der Waals surface area contributed by atoms with Crippen molar-refractivity contribution in [1.82, 2.24) is 0 Å². The lowest BCUT2D eigenvalue weighted by Crippen LogP contribution is -2.37. The first-order valence-corrected chi connectivity index (χ1v) is 9.71. The van der Waals surface area contributed by atoms with Gasteiger partial charge in [-0.05, 0) is 48.8 Å². The molecule has 5 nitrogen and oxygen atoms in total. The van der Waals surface area contributed by atoms with Crippen molar-refractivity contribution in [1.29, 1.82) is 0 Å². The lowest BCUT2D eigenvalue weighted by atomic mass is 9.97. The van der Waals surface area contributed by atoms with Gasteiger partial charge < -0.3 is 10.6 Å². The molecule has 0 saturated heterocycles. The molecule has 0 bridgehead atoms. The molecule has 0 aromatic heterocycles. The van der Waals surface area contributed by atoms with Gasteiger partial charge in [-0.2, -0.15) is 0 Å². The number of rotatable bonds is 4. The quantitative estimate of drug-likeness (QED) is 0.836. The van der Waals surface area contributed by atoms with E-state index >= 15 is 0 Å². The summed E-state index contributed by atoms with van der Waals surface area (Å²) < 4.78 is 23.1. The zero-order valence-corrected chi connectivity index (χ0v) is 14.9. The van der Waals surface area contributed by atoms with Crippen molar-refractivity contribution in [2.45, 2.75) is 32.1 Å². The van der Waals surface area contributed by atoms with E-state index in [1.165, 1.54) is 6.26 Å². The average Bonchev–Trinajstić information content (AvgIpc) is 3.15. The molecule has 0 spiro atoms. The zero-order chi connectivity index (χ0) is 16.0. The Kier molecular flexibility index (Phi) is 4.97. The van der Waals surface area contributed by atoms with Crippen LogP contribution in [0.5, 0.6) is 0 Å². The van der Waals surface area contributed by atoms with Crippen LogP contribution in [0, 0.1) is 5.41 Å². The lowest BCUT2D eigenvalue weighted by Gasteiger charge is -2.31. The largest absolute Gasteiger partial charge is 0.398 e. The Labute approximate surface area is 143 Å². The molecule has 3 rings (SSSR count). The predicted molar refractivity (Wildman–Crippen MR) is 94.8 cm³/mol. The Hall–Kier alpha value is -1.27. The summed E-state index contributed by atoms with van der Waals surface area (Å²) >= 11 is 0. The van der Waals surface area contributed by atoms with Gasteiger partial charge in [0.2, 0.25) is 5.91 Å². The van der Waals surface area contributed by atoms with E-state index in [9.17, 15) is 13.2 Å². The SMILES string of the molecule is CS(=O)(=O)CC1(CC(=O)N2CCCc3c(N)cccc32)CC1.Cl. The van der Waals surface area contributed by atoms with E-state index in [2.05, 4.69) is 0 Å². The summed E-state index contributed by atoms with van der Waals surface area (Å²) in [5.41, 5.74) is 8.34. The second kappa shape index (κ2) is 6.32. The fraction of sp³-hybridized carbons (Fsp3) is 0.562. The number of amides is 1. The monoisotopic (exact) mass is 358 g/mol. The molecule has 1 heterocycles. The van der Waals surface area contributed by atoms with Crippen LogP contribution in [-0.2, 0) is 21.1 Å². The highest BCUT2D eigenvalue weighted by atomic mass is 35.5. The molecule has 1 aromatic rings. The molecule has 23 heavy (non-hydrogen) atoms. The van der Waals surface area contributed by atoms with Crippen molar-refractivity contribution in [3.8, 4) is 0 Å². The third kappa shape index (κ3) is 3.98. The molecule has 0 radical (unpaired) electrons. The summed E-state index contributed by atoms with van der Waals surface area (Å²) in [5, 5.41) is 0. The van der Waals surface area contributed by atoms with Gasteiger partial charge in [0.25, 0.3) is 0 Å². The summed E-state index contributed by atoms with van der Waals surface area (Å²) in [4.78, 5) is 14.5. The van der Waals surface area contributed by atoms with E-state index in [-0.39, 0.29) is 29.5 Å². The first-order valence-electron chi connectivity index (χ1n) is 7.65. The molecule has 0 atom stereocenters. The van der Waals surface area contributed by atoms with Crippen molar-refractivity contribution >= 4 is 39.5 Å². The maximum atomic E-state index is 12.7. The molecule has 128 valence electrons. The maximum absolute atomic E-state index is 12.7. The Morgan fingerprint density at radius 3 is 2.65 bits per heavy atom. The number of benzene rings is 1. The van der Waals surface area contributed by atoms with Gasteiger partial charge in [0.15, 0.2) is 0 Å². The minimum Gasteiger partial charge on any atom is -0.398 e. The molecule has 2 N–H and O–H groups in total. The molecule has 1 saturated carbocycles. The van der Waals surface area contributed by atoms with E-state index in [1.807, 2.05) is 18.2 Å². The van der Waals surface area contributed by atoms with Gasteiger partial charge in [-0.3, -0.25) is 4.79 Å². The highest BCUT2D eigenvalue weighted by Gasteiger charge is 2.47. The molecule has 1 amide bonds. The first kappa shape index (κ1) is 18.1. The number of hydrogen-bond acceptors (Lipinski definition) is 4. The minimum atomic E-state index is -3.05. The molecule has 7 heteroatoms. The van der Waals surface area contributed by atoms with Crippen LogP contribution < -0.4 is 10.6 Å². The standard InChI is InChI=1S/C16H22N2O3S.ClH/c1-22(20,21)11-16(7-8-16)10-15(19)18-9-3-4-12-13(17)5-2-6-14(12)18;/h2,5-6H,3-4,7-11,17H2,1H3;1H. The van der Waals surface area contributed by atoms with Gasteiger partial charge in [-0.15, -0.1) is 12.4 Å². The molecular weight excluding hydrogens is 336 g/mol. The normalized spacial score (nSPS) is 18.7. The zero-order valence-electron chi connectivity index (χ0n) is 13.2. The third-order valence-electron chi connectivity index (χ3n) is 4.64. The fourth-order valence-electron chi connectivity index (χ4n) is 3.43. The molecule has 1 fully saturated rings.